The number of anilines is 2. The predicted molar refractivity (Wildman–Crippen MR) is 73.6 cm³/mol. The average molecular weight is 269 g/mol. The van der Waals surface area contributed by atoms with E-state index in [0.29, 0.717) is 17.9 Å². The smallest absolute Gasteiger partial charge is 0.315 e. The minimum absolute atomic E-state index is 0.0359. The molecular weight excluding hydrogens is 250 g/mol. The van der Waals surface area contributed by atoms with Crippen molar-refractivity contribution in [3.05, 3.63) is 28.3 Å². The van der Waals surface area contributed by atoms with Crippen molar-refractivity contribution in [1.82, 2.24) is 0 Å². The molecule has 0 atom stereocenters. The Balaban J connectivity index is 3.23. The second-order valence-corrected chi connectivity index (χ2v) is 3.90. The Hall–Kier alpha value is -1.86. The summed E-state index contributed by atoms with van der Waals surface area (Å²) in [5.74, 6) is 0. The standard InChI is InChI=1S/C12H19N3O4/c1-2-13-10-4-3-5-11(12(10)15(18)19)14(6-8-16)7-9-17/h3-5,13,16-17H,2,6-9H2,1H3. The minimum Gasteiger partial charge on any atom is -0.395 e. The summed E-state index contributed by atoms with van der Waals surface area (Å²) in [6, 6.07) is 4.97. The highest BCUT2D eigenvalue weighted by atomic mass is 16.6. The van der Waals surface area contributed by atoms with Gasteiger partial charge in [-0.05, 0) is 19.1 Å². The summed E-state index contributed by atoms with van der Waals surface area (Å²) >= 11 is 0. The van der Waals surface area contributed by atoms with E-state index in [1.54, 1.807) is 23.1 Å². The Bertz CT molecular complexity index is 419. The maximum atomic E-state index is 11.2. The SMILES string of the molecule is CCNc1cccc(N(CCO)CCO)c1[N+](=O)[O-]. The first kappa shape index (κ1) is 15.2. The van der Waals surface area contributed by atoms with Crippen molar-refractivity contribution >= 4 is 17.1 Å². The van der Waals surface area contributed by atoms with Gasteiger partial charge in [0.1, 0.15) is 11.4 Å². The van der Waals surface area contributed by atoms with Crippen molar-refractivity contribution in [2.24, 2.45) is 0 Å². The van der Waals surface area contributed by atoms with Gasteiger partial charge in [-0.15, -0.1) is 0 Å². The third-order valence-electron chi connectivity index (χ3n) is 2.65. The molecule has 1 aromatic carbocycles. The summed E-state index contributed by atoms with van der Waals surface area (Å²) in [5, 5.41) is 32.2. The van der Waals surface area contributed by atoms with Crippen molar-refractivity contribution in [3.8, 4) is 0 Å². The molecule has 0 aliphatic carbocycles. The number of benzene rings is 1. The summed E-state index contributed by atoms with van der Waals surface area (Å²) in [7, 11) is 0. The van der Waals surface area contributed by atoms with Crippen LogP contribution in [0.4, 0.5) is 17.1 Å². The van der Waals surface area contributed by atoms with E-state index >= 15 is 0 Å². The number of para-hydroxylation sites is 1. The van der Waals surface area contributed by atoms with Gasteiger partial charge in [0.15, 0.2) is 0 Å². The fourth-order valence-corrected chi connectivity index (χ4v) is 1.91. The molecule has 0 heterocycles. The van der Waals surface area contributed by atoms with E-state index in [0.717, 1.165) is 0 Å². The van der Waals surface area contributed by atoms with Gasteiger partial charge in [0.05, 0.1) is 18.1 Å². The summed E-state index contributed by atoms with van der Waals surface area (Å²) in [6.45, 7) is 2.62. The molecule has 0 unspecified atom stereocenters. The summed E-state index contributed by atoms with van der Waals surface area (Å²) in [6.07, 6.45) is 0. The van der Waals surface area contributed by atoms with Gasteiger partial charge in [-0.3, -0.25) is 10.1 Å². The van der Waals surface area contributed by atoms with Gasteiger partial charge in [-0.2, -0.15) is 0 Å². The van der Waals surface area contributed by atoms with Crippen LogP contribution in [0.25, 0.3) is 0 Å². The molecule has 7 nitrogen and oxygen atoms in total. The molecule has 7 heteroatoms. The molecule has 0 radical (unpaired) electrons. The van der Waals surface area contributed by atoms with Crippen molar-refractivity contribution in [2.45, 2.75) is 6.92 Å². The molecule has 0 fully saturated rings. The number of aliphatic hydroxyl groups is 2. The molecule has 3 N–H and O–H groups in total. The average Bonchev–Trinajstić information content (AvgIpc) is 2.38. The van der Waals surface area contributed by atoms with Gasteiger partial charge in [0.25, 0.3) is 0 Å². The van der Waals surface area contributed by atoms with Crippen molar-refractivity contribution < 1.29 is 15.1 Å². The maximum absolute atomic E-state index is 11.2. The molecule has 0 aliphatic heterocycles. The Kier molecular flexibility index (Phi) is 6.04. The quantitative estimate of drug-likeness (QED) is 0.477. The normalized spacial score (nSPS) is 10.3. The minimum atomic E-state index is -0.449. The Morgan fingerprint density at radius 3 is 2.42 bits per heavy atom. The van der Waals surface area contributed by atoms with Gasteiger partial charge < -0.3 is 20.4 Å². The fourth-order valence-electron chi connectivity index (χ4n) is 1.91. The first-order chi connectivity index (χ1) is 9.15. The van der Waals surface area contributed by atoms with Crippen LogP contribution in [0.5, 0.6) is 0 Å². The van der Waals surface area contributed by atoms with Crippen LogP contribution in [0.15, 0.2) is 18.2 Å². The lowest BCUT2D eigenvalue weighted by molar-refractivity contribution is -0.383. The van der Waals surface area contributed by atoms with Crippen LogP contribution in [-0.2, 0) is 0 Å². The van der Waals surface area contributed by atoms with E-state index in [4.69, 9.17) is 10.2 Å². The second kappa shape index (κ2) is 7.55. The molecule has 0 bridgehead atoms. The van der Waals surface area contributed by atoms with Crippen LogP contribution >= 0.6 is 0 Å². The van der Waals surface area contributed by atoms with Crippen LogP contribution in [0.3, 0.4) is 0 Å². The van der Waals surface area contributed by atoms with Gasteiger partial charge in [-0.25, -0.2) is 0 Å². The number of rotatable bonds is 8. The summed E-state index contributed by atoms with van der Waals surface area (Å²) in [5.41, 5.74) is 0.795. The summed E-state index contributed by atoms with van der Waals surface area (Å²) < 4.78 is 0. The highest BCUT2D eigenvalue weighted by molar-refractivity contribution is 5.77. The van der Waals surface area contributed by atoms with Gasteiger partial charge in [-0.1, -0.05) is 6.07 Å². The molecule has 0 saturated heterocycles. The molecule has 1 rings (SSSR count). The highest BCUT2D eigenvalue weighted by Crippen LogP contribution is 2.35. The lowest BCUT2D eigenvalue weighted by Crippen LogP contribution is -2.30. The lowest BCUT2D eigenvalue weighted by Gasteiger charge is -2.23. The molecule has 0 aliphatic rings. The van der Waals surface area contributed by atoms with E-state index < -0.39 is 4.92 Å². The molecule has 0 amide bonds. The topological polar surface area (TPSA) is 98.9 Å². The van der Waals surface area contributed by atoms with Crippen LogP contribution in [0.2, 0.25) is 0 Å². The van der Waals surface area contributed by atoms with E-state index in [9.17, 15) is 10.1 Å². The van der Waals surface area contributed by atoms with Crippen LogP contribution in [0.1, 0.15) is 6.92 Å². The third kappa shape index (κ3) is 3.80. The Labute approximate surface area is 111 Å². The van der Waals surface area contributed by atoms with Crippen molar-refractivity contribution in [3.63, 3.8) is 0 Å². The van der Waals surface area contributed by atoms with Crippen molar-refractivity contribution in [1.29, 1.82) is 0 Å². The zero-order valence-corrected chi connectivity index (χ0v) is 10.9. The highest BCUT2D eigenvalue weighted by Gasteiger charge is 2.23. The predicted octanol–water partition coefficient (Wildman–Crippen LogP) is 0.818. The van der Waals surface area contributed by atoms with Crippen LogP contribution < -0.4 is 10.2 Å². The Morgan fingerprint density at radius 2 is 1.95 bits per heavy atom. The second-order valence-electron chi connectivity index (χ2n) is 3.90. The number of nitro benzene ring substituents is 1. The largest absolute Gasteiger partial charge is 0.395 e. The molecule has 0 saturated carbocycles. The lowest BCUT2D eigenvalue weighted by atomic mass is 10.2. The zero-order valence-electron chi connectivity index (χ0n) is 10.9. The van der Waals surface area contributed by atoms with Gasteiger partial charge in [0, 0.05) is 19.6 Å². The number of hydrogen-bond donors (Lipinski definition) is 3. The molecule has 19 heavy (non-hydrogen) atoms. The fraction of sp³-hybridized carbons (Fsp3) is 0.500. The van der Waals surface area contributed by atoms with Crippen molar-refractivity contribution in [2.75, 3.05) is 43.1 Å². The number of nitrogens with zero attached hydrogens (tertiary/aromatic N) is 2. The number of aliphatic hydroxyl groups excluding tert-OH is 2. The number of hydrogen-bond acceptors (Lipinski definition) is 6. The Morgan fingerprint density at radius 1 is 1.32 bits per heavy atom. The van der Waals surface area contributed by atoms with E-state index in [1.807, 2.05) is 6.92 Å². The third-order valence-corrected chi connectivity index (χ3v) is 2.65. The number of nitrogens with one attached hydrogen (secondary N) is 1. The maximum Gasteiger partial charge on any atom is 0.315 e. The van der Waals surface area contributed by atoms with Crippen LogP contribution in [-0.4, -0.2) is 48.0 Å². The molecule has 106 valence electrons. The first-order valence-corrected chi connectivity index (χ1v) is 6.13. The van der Waals surface area contributed by atoms with E-state index in [1.165, 1.54) is 0 Å². The van der Waals surface area contributed by atoms with Gasteiger partial charge in [0.2, 0.25) is 0 Å². The van der Waals surface area contributed by atoms with Crippen LogP contribution in [0, 0.1) is 10.1 Å². The van der Waals surface area contributed by atoms with Gasteiger partial charge >= 0.3 is 5.69 Å². The molecule has 0 aromatic heterocycles. The van der Waals surface area contributed by atoms with E-state index in [2.05, 4.69) is 5.32 Å². The molecule has 1 aromatic rings. The summed E-state index contributed by atoms with van der Waals surface area (Å²) in [4.78, 5) is 12.4. The monoisotopic (exact) mass is 269 g/mol. The zero-order chi connectivity index (χ0) is 14.3. The number of nitro groups is 1. The molecule has 0 spiro atoms. The first-order valence-electron chi connectivity index (χ1n) is 6.13. The molecular formula is C12H19N3O4. The van der Waals surface area contributed by atoms with E-state index in [-0.39, 0.29) is 32.0 Å².